The maximum absolute atomic E-state index is 11.2. The van der Waals surface area contributed by atoms with E-state index in [1.165, 1.54) is 6.42 Å². The largest absolute Gasteiger partial charge is 0.291 e. The van der Waals surface area contributed by atoms with Crippen molar-refractivity contribution in [2.24, 2.45) is 5.92 Å². The predicted octanol–water partition coefficient (Wildman–Crippen LogP) is 2.11. The number of rotatable bonds is 0. The molecule has 1 rings (SSSR count). The molecule has 0 saturated heterocycles. The number of carbonyl (C=O) groups excluding carboxylic acids is 2. The molecule has 1 aliphatic rings. The second-order valence-electron chi connectivity index (χ2n) is 3.75. The molecule has 0 aromatic heterocycles. The van der Waals surface area contributed by atoms with E-state index < -0.39 is 0 Å². The number of ketones is 2. The monoisotopic (exact) mass is 168 g/mol. The molecule has 2 nitrogen and oxygen atoms in total. The van der Waals surface area contributed by atoms with Crippen LogP contribution in [0.25, 0.3) is 0 Å². The van der Waals surface area contributed by atoms with Crippen LogP contribution in [0.1, 0.15) is 45.4 Å². The van der Waals surface area contributed by atoms with Crippen molar-refractivity contribution in [3.63, 3.8) is 0 Å². The zero-order chi connectivity index (χ0) is 8.97. The summed E-state index contributed by atoms with van der Waals surface area (Å²) in [6.07, 6.45) is 5.21. The Morgan fingerprint density at radius 2 is 1.83 bits per heavy atom. The number of Topliss-reactive ketones (excluding diaryl/α,β-unsaturated/α-hetero) is 2. The van der Waals surface area contributed by atoms with E-state index in [0.717, 1.165) is 19.3 Å². The van der Waals surface area contributed by atoms with Crippen LogP contribution in [0.15, 0.2) is 0 Å². The van der Waals surface area contributed by atoms with Gasteiger partial charge in [0.05, 0.1) is 0 Å². The highest BCUT2D eigenvalue weighted by atomic mass is 16.2. The fourth-order valence-corrected chi connectivity index (χ4v) is 1.63. The molecule has 12 heavy (non-hydrogen) atoms. The van der Waals surface area contributed by atoms with Gasteiger partial charge in [0, 0.05) is 12.8 Å². The van der Waals surface area contributed by atoms with Crippen LogP contribution in [0, 0.1) is 5.92 Å². The molecule has 0 aromatic carbocycles. The molecule has 0 spiro atoms. The van der Waals surface area contributed by atoms with Crippen molar-refractivity contribution in [1.29, 1.82) is 0 Å². The van der Waals surface area contributed by atoms with Crippen LogP contribution in [-0.4, -0.2) is 11.6 Å². The molecule has 1 unspecified atom stereocenters. The van der Waals surface area contributed by atoms with Crippen molar-refractivity contribution in [2.75, 3.05) is 0 Å². The lowest BCUT2D eigenvalue weighted by Crippen LogP contribution is -2.15. The average Bonchev–Trinajstić information content (AvgIpc) is 2.07. The third-order valence-electron chi connectivity index (χ3n) is 2.45. The summed E-state index contributed by atoms with van der Waals surface area (Å²) in [6, 6.07) is 0. The van der Waals surface area contributed by atoms with Crippen LogP contribution >= 0.6 is 0 Å². The molecule has 1 saturated carbocycles. The highest BCUT2D eigenvalue weighted by molar-refractivity contribution is 6.37. The van der Waals surface area contributed by atoms with Gasteiger partial charge in [-0.3, -0.25) is 9.59 Å². The second-order valence-corrected chi connectivity index (χ2v) is 3.75. The first kappa shape index (κ1) is 9.43. The second kappa shape index (κ2) is 4.39. The van der Waals surface area contributed by atoms with Gasteiger partial charge in [-0.05, 0) is 12.3 Å². The Labute approximate surface area is 73.3 Å². The normalized spacial score (nSPS) is 27.6. The highest BCUT2D eigenvalue weighted by Crippen LogP contribution is 2.17. The Balaban J connectivity index is 2.52. The number of hydrogen-bond donors (Lipinski definition) is 0. The zero-order valence-electron chi connectivity index (χ0n) is 7.64. The van der Waals surface area contributed by atoms with Gasteiger partial charge in [0.15, 0.2) is 11.6 Å². The first-order valence-electron chi connectivity index (χ1n) is 4.76. The molecule has 0 N–H and O–H groups in total. The van der Waals surface area contributed by atoms with Crippen molar-refractivity contribution in [1.82, 2.24) is 0 Å². The van der Waals surface area contributed by atoms with Gasteiger partial charge in [-0.15, -0.1) is 0 Å². The van der Waals surface area contributed by atoms with Gasteiger partial charge in [-0.25, -0.2) is 0 Å². The van der Waals surface area contributed by atoms with Crippen molar-refractivity contribution in [3.8, 4) is 0 Å². The lowest BCUT2D eigenvalue weighted by Gasteiger charge is -2.06. The lowest BCUT2D eigenvalue weighted by molar-refractivity contribution is -0.137. The third kappa shape index (κ3) is 2.76. The summed E-state index contributed by atoms with van der Waals surface area (Å²) in [6.45, 7) is 2.05. The molecule has 1 atom stereocenters. The smallest absolute Gasteiger partial charge is 0.198 e. The first-order chi connectivity index (χ1) is 5.70. The molecule has 1 fully saturated rings. The molecule has 0 radical (unpaired) electrons. The Bertz CT molecular complexity index is 184. The van der Waals surface area contributed by atoms with Crippen LogP contribution in [-0.2, 0) is 9.59 Å². The maximum atomic E-state index is 11.2. The van der Waals surface area contributed by atoms with E-state index in [2.05, 4.69) is 6.92 Å². The number of carbonyl (C=O) groups is 2. The predicted molar refractivity (Wildman–Crippen MR) is 46.9 cm³/mol. The van der Waals surface area contributed by atoms with Gasteiger partial charge in [0.1, 0.15) is 0 Å². The average molecular weight is 168 g/mol. The molecular weight excluding hydrogens is 152 g/mol. The van der Waals surface area contributed by atoms with Gasteiger partial charge in [-0.1, -0.05) is 26.2 Å². The van der Waals surface area contributed by atoms with Gasteiger partial charge in [0.2, 0.25) is 0 Å². The van der Waals surface area contributed by atoms with E-state index in [-0.39, 0.29) is 11.6 Å². The minimum Gasteiger partial charge on any atom is -0.291 e. The summed E-state index contributed by atoms with van der Waals surface area (Å²) in [5.74, 6) is 0.104. The van der Waals surface area contributed by atoms with Crippen molar-refractivity contribution < 1.29 is 9.59 Å². The molecule has 0 amide bonds. The molecule has 1 aliphatic carbocycles. The van der Waals surface area contributed by atoms with Crippen LogP contribution in [0.2, 0.25) is 0 Å². The summed E-state index contributed by atoms with van der Waals surface area (Å²) in [5, 5.41) is 0. The summed E-state index contributed by atoms with van der Waals surface area (Å²) in [5.41, 5.74) is 0. The van der Waals surface area contributed by atoms with E-state index in [0.29, 0.717) is 18.8 Å². The van der Waals surface area contributed by atoms with E-state index in [1.807, 2.05) is 0 Å². The van der Waals surface area contributed by atoms with Crippen LogP contribution in [0.5, 0.6) is 0 Å². The van der Waals surface area contributed by atoms with E-state index in [4.69, 9.17) is 0 Å². The topological polar surface area (TPSA) is 34.1 Å². The van der Waals surface area contributed by atoms with Crippen LogP contribution < -0.4 is 0 Å². The van der Waals surface area contributed by atoms with Crippen molar-refractivity contribution >= 4 is 11.6 Å². The molecule has 68 valence electrons. The molecule has 2 heteroatoms. The Hall–Kier alpha value is -0.660. The fourth-order valence-electron chi connectivity index (χ4n) is 1.63. The Kier molecular flexibility index (Phi) is 3.45. The summed E-state index contributed by atoms with van der Waals surface area (Å²) >= 11 is 0. The van der Waals surface area contributed by atoms with Gasteiger partial charge >= 0.3 is 0 Å². The summed E-state index contributed by atoms with van der Waals surface area (Å²) in [7, 11) is 0. The standard InChI is InChI=1S/C10H16O2/c1-8-5-3-2-4-6-9(11)10(12)7-8/h8H,2-7H2,1H3. The summed E-state index contributed by atoms with van der Waals surface area (Å²) < 4.78 is 0. The van der Waals surface area contributed by atoms with Crippen molar-refractivity contribution in [3.05, 3.63) is 0 Å². The lowest BCUT2D eigenvalue weighted by atomic mass is 9.98. The number of hydrogen-bond acceptors (Lipinski definition) is 2. The molecule has 0 bridgehead atoms. The van der Waals surface area contributed by atoms with Gasteiger partial charge < -0.3 is 0 Å². The molecule has 0 aliphatic heterocycles. The van der Waals surface area contributed by atoms with E-state index >= 15 is 0 Å². The molecule has 0 aromatic rings. The molecule has 0 heterocycles. The fraction of sp³-hybridized carbons (Fsp3) is 0.800. The van der Waals surface area contributed by atoms with Crippen LogP contribution in [0.3, 0.4) is 0 Å². The maximum Gasteiger partial charge on any atom is 0.198 e. The highest BCUT2D eigenvalue weighted by Gasteiger charge is 2.18. The van der Waals surface area contributed by atoms with Crippen LogP contribution in [0.4, 0.5) is 0 Å². The quantitative estimate of drug-likeness (QED) is 0.519. The SMILES string of the molecule is CC1CCCCCC(=O)C(=O)C1. The Morgan fingerprint density at radius 3 is 2.58 bits per heavy atom. The molecular formula is C10H16O2. The third-order valence-corrected chi connectivity index (χ3v) is 2.45. The van der Waals surface area contributed by atoms with Crippen molar-refractivity contribution in [2.45, 2.75) is 45.4 Å². The van der Waals surface area contributed by atoms with E-state index in [1.54, 1.807) is 0 Å². The minimum absolute atomic E-state index is 0.149. The summed E-state index contributed by atoms with van der Waals surface area (Å²) in [4.78, 5) is 22.3. The minimum atomic E-state index is -0.149. The van der Waals surface area contributed by atoms with Gasteiger partial charge in [-0.2, -0.15) is 0 Å². The van der Waals surface area contributed by atoms with Gasteiger partial charge in [0.25, 0.3) is 0 Å². The van der Waals surface area contributed by atoms with E-state index in [9.17, 15) is 9.59 Å². The first-order valence-corrected chi connectivity index (χ1v) is 4.76. The zero-order valence-corrected chi connectivity index (χ0v) is 7.64. The Morgan fingerprint density at radius 1 is 1.08 bits per heavy atom.